The van der Waals surface area contributed by atoms with Gasteiger partial charge in [-0.3, -0.25) is 14.5 Å². The van der Waals surface area contributed by atoms with Crippen LogP contribution in [-0.4, -0.2) is 61.5 Å². The molecule has 2 aromatic rings. The maximum absolute atomic E-state index is 15.3. The van der Waals surface area contributed by atoms with Crippen molar-refractivity contribution in [2.75, 3.05) is 39.8 Å². The standard InChI is InChI=1S/C27H31F2N3O4/c1-18-20(17-36-19(2)33)6-4-7-23(18)25(29)16-31-8-5-9-32(11-10-31)27(34)14-21-13-26(35-3)22(15-30)12-24(21)28/h4,6-7,12-13,25H,5,8-11,14,16-17H2,1-3H3. The van der Waals surface area contributed by atoms with Crippen LogP contribution in [0.3, 0.4) is 0 Å². The number of halogens is 2. The summed E-state index contributed by atoms with van der Waals surface area (Å²) in [4.78, 5) is 27.7. The number of hydrogen-bond donors (Lipinski definition) is 0. The van der Waals surface area contributed by atoms with Gasteiger partial charge in [-0.2, -0.15) is 5.26 Å². The number of nitriles is 1. The van der Waals surface area contributed by atoms with Crippen molar-refractivity contribution in [1.82, 2.24) is 9.80 Å². The van der Waals surface area contributed by atoms with Gasteiger partial charge in [-0.05, 0) is 42.2 Å². The van der Waals surface area contributed by atoms with Crippen molar-refractivity contribution < 1.29 is 27.8 Å². The van der Waals surface area contributed by atoms with Crippen LogP contribution in [0.25, 0.3) is 0 Å². The molecule has 0 aliphatic carbocycles. The molecule has 1 atom stereocenters. The molecular weight excluding hydrogens is 468 g/mol. The number of carbonyl (C=O) groups excluding carboxylic acids is 2. The Bertz CT molecular complexity index is 1150. The SMILES string of the molecule is COc1cc(CC(=O)N2CCCN(CC(F)c3cccc(COC(C)=O)c3C)CC2)c(F)cc1C#N. The average Bonchev–Trinajstić information content (AvgIpc) is 3.09. The van der Waals surface area contributed by atoms with Crippen LogP contribution in [0.2, 0.25) is 0 Å². The minimum Gasteiger partial charge on any atom is -0.495 e. The lowest BCUT2D eigenvalue weighted by molar-refractivity contribution is -0.142. The maximum atomic E-state index is 15.3. The zero-order chi connectivity index (χ0) is 26.2. The first-order chi connectivity index (χ1) is 17.2. The van der Waals surface area contributed by atoms with Crippen LogP contribution < -0.4 is 4.74 Å². The van der Waals surface area contributed by atoms with Gasteiger partial charge in [0.05, 0.1) is 19.1 Å². The van der Waals surface area contributed by atoms with Gasteiger partial charge in [0.25, 0.3) is 0 Å². The Balaban J connectivity index is 1.60. The normalized spacial score (nSPS) is 15.1. The summed E-state index contributed by atoms with van der Waals surface area (Å²) in [6, 6.07) is 9.66. The van der Waals surface area contributed by atoms with Crippen molar-refractivity contribution in [3.63, 3.8) is 0 Å². The Morgan fingerprint density at radius 2 is 1.94 bits per heavy atom. The van der Waals surface area contributed by atoms with Gasteiger partial charge in [-0.25, -0.2) is 8.78 Å². The van der Waals surface area contributed by atoms with E-state index in [0.717, 1.165) is 17.2 Å². The van der Waals surface area contributed by atoms with E-state index in [1.807, 2.05) is 24.0 Å². The molecule has 7 nitrogen and oxygen atoms in total. The molecule has 36 heavy (non-hydrogen) atoms. The first-order valence-corrected chi connectivity index (χ1v) is 11.9. The summed E-state index contributed by atoms with van der Waals surface area (Å²) in [5.74, 6) is -1.01. The Labute approximate surface area is 210 Å². The van der Waals surface area contributed by atoms with Gasteiger partial charge >= 0.3 is 5.97 Å². The van der Waals surface area contributed by atoms with Crippen molar-refractivity contribution in [2.45, 2.75) is 39.5 Å². The highest BCUT2D eigenvalue weighted by atomic mass is 19.1. The molecule has 0 spiro atoms. The van der Waals surface area contributed by atoms with Crippen LogP contribution in [0.1, 0.15) is 47.3 Å². The van der Waals surface area contributed by atoms with E-state index in [0.29, 0.717) is 38.2 Å². The number of amides is 1. The third-order valence-corrected chi connectivity index (χ3v) is 6.45. The molecule has 1 aliphatic heterocycles. The summed E-state index contributed by atoms with van der Waals surface area (Å²) in [6.07, 6.45) is -0.707. The molecule has 1 saturated heterocycles. The molecule has 0 aromatic heterocycles. The Morgan fingerprint density at radius 3 is 2.64 bits per heavy atom. The minimum atomic E-state index is -1.23. The lowest BCUT2D eigenvalue weighted by atomic mass is 9.99. The van der Waals surface area contributed by atoms with Gasteiger partial charge in [0, 0.05) is 45.2 Å². The van der Waals surface area contributed by atoms with Crippen molar-refractivity contribution in [2.24, 2.45) is 0 Å². The number of benzene rings is 2. The highest BCUT2D eigenvalue weighted by Gasteiger charge is 2.24. The number of alkyl halides is 1. The topological polar surface area (TPSA) is 82.9 Å². The average molecular weight is 500 g/mol. The largest absolute Gasteiger partial charge is 0.495 e. The minimum absolute atomic E-state index is 0.0736. The number of esters is 1. The van der Waals surface area contributed by atoms with Gasteiger partial charge in [-0.1, -0.05) is 18.2 Å². The van der Waals surface area contributed by atoms with Gasteiger partial charge in [0.15, 0.2) is 0 Å². The van der Waals surface area contributed by atoms with E-state index in [2.05, 4.69) is 0 Å². The van der Waals surface area contributed by atoms with Crippen LogP contribution in [0.4, 0.5) is 8.78 Å². The summed E-state index contributed by atoms with van der Waals surface area (Å²) in [5.41, 5.74) is 2.33. The number of methoxy groups -OCH3 is 1. The molecule has 9 heteroatoms. The zero-order valence-corrected chi connectivity index (χ0v) is 20.9. The van der Waals surface area contributed by atoms with Crippen LogP contribution in [0.15, 0.2) is 30.3 Å². The Kier molecular flexibility index (Phi) is 9.37. The van der Waals surface area contributed by atoms with E-state index in [1.54, 1.807) is 17.0 Å². The van der Waals surface area contributed by atoms with Crippen LogP contribution in [0.5, 0.6) is 5.75 Å². The van der Waals surface area contributed by atoms with E-state index < -0.39 is 12.0 Å². The van der Waals surface area contributed by atoms with Crippen LogP contribution in [-0.2, 0) is 27.4 Å². The van der Waals surface area contributed by atoms with Crippen LogP contribution in [0, 0.1) is 24.1 Å². The fraction of sp³-hybridized carbons (Fsp3) is 0.444. The number of carbonyl (C=O) groups is 2. The molecule has 1 aliphatic rings. The molecule has 1 fully saturated rings. The fourth-order valence-corrected chi connectivity index (χ4v) is 4.37. The van der Waals surface area contributed by atoms with Gasteiger partial charge in [-0.15, -0.1) is 0 Å². The lowest BCUT2D eigenvalue weighted by Gasteiger charge is -2.24. The molecule has 1 amide bonds. The molecule has 0 saturated carbocycles. The third kappa shape index (κ3) is 6.79. The molecule has 0 bridgehead atoms. The number of nitrogens with zero attached hydrogens (tertiary/aromatic N) is 3. The second-order valence-corrected chi connectivity index (χ2v) is 8.85. The molecule has 0 N–H and O–H groups in total. The van der Waals surface area contributed by atoms with Crippen molar-refractivity contribution in [3.8, 4) is 11.8 Å². The quantitative estimate of drug-likeness (QED) is 0.513. The van der Waals surface area contributed by atoms with E-state index >= 15 is 4.39 Å². The summed E-state index contributed by atoms with van der Waals surface area (Å²) < 4.78 is 39.9. The number of rotatable bonds is 8. The van der Waals surface area contributed by atoms with Gasteiger partial charge in [0.2, 0.25) is 5.91 Å². The summed E-state index contributed by atoms with van der Waals surface area (Å²) in [6.45, 7) is 5.48. The third-order valence-electron chi connectivity index (χ3n) is 6.45. The monoisotopic (exact) mass is 499 g/mol. The maximum Gasteiger partial charge on any atom is 0.302 e. The number of ether oxygens (including phenoxy) is 2. The van der Waals surface area contributed by atoms with E-state index in [-0.39, 0.29) is 48.3 Å². The highest BCUT2D eigenvalue weighted by molar-refractivity contribution is 5.79. The second kappa shape index (κ2) is 12.5. The molecule has 1 heterocycles. The molecule has 0 radical (unpaired) electrons. The number of hydrogen-bond acceptors (Lipinski definition) is 6. The molecule has 2 aromatic carbocycles. The van der Waals surface area contributed by atoms with Crippen molar-refractivity contribution in [3.05, 3.63) is 64.0 Å². The smallest absolute Gasteiger partial charge is 0.302 e. The molecular formula is C27H31F2N3O4. The van der Waals surface area contributed by atoms with Crippen LogP contribution >= 0.6 is 0 Å². The van der Waals surface area contributed by atoms with E-state index in [1.165, 1.54) is 20.1 Å². The van der Waals surface area contributed by atoms with E-state index in [4.69, 9.17) is 14.7 Å². The highest BCUT2D eigenvalue weighted by Crippen LogP contribution is 2.26. The second-order valence-electron chi connectivity index (χ2n) is 8.85. The predicted molar refractivity (Wildman–Crippen MR) is 130 cm³/mol. The Hall–Kier alpha value is -3.51. The fourth-order valence-electron chi connectivity index (χ4n) is 4.37. The summed E-state index contributed by atoms with van der Waals surface area (Å²) >= 11 is 0. The first-order valence-electron chi connectivity index (χ1n) is 11.9. The first kappa shape index (κ1) is 27.1. The molecule has 3 rings (SSSR count). The van der Waals surface area contributed by atoms with Crippen molar-refractivity contribution in [1.29, 1.82) is 5.26 Å². The summed E-state index contributed by atoms with van der Waals surface area (Å²) in [7, 11) is 1.39. The molecule has 192 valence electrons. The lowest BCUT2D eigenvalue weighted by Crippen LogP contribution is -2.37. The zero-order valence-electron chi connectivity index (χ0n) is 20.9. The summed E-state index contributed by atoms with van der Waals surface area (Å²) in [5, 5.41) is 9.09. The van der Waals surface area contributed by atoms with Gasteiger partial charge in [0.1, 0.15) is 30.4 Å². The van der Waals surface area contributed by atoms with Crippen molar-refractivity contribution >= 4 is 11.9 Å². The molecule has 1 unspecified atom stereocenters. The van der Waals surface area contributed by atoms with E-state index in [9.17, 15) is 14.0 Å². The predicted octanol–water partition coefficient (Wildman–Crippen LogP) is 3.87. The van der Waals surface area contributed by atoms with Gasteiger partial charge < -0.3 is 14.4 Å². The Morgan fingerprint density at radius 1 is 1.17 bits per heavy atom.